The van der Waals surface area contributed by atoms with Crippen LogP contribution in [0.25, 0.3) is 0 Å². The quantitative estimate of drug-likeness (QED) is 0.897. The van der Waals surface area contributed by atoms with E-state index in [-0.39, 0.29) is 5.41 Å². The minimum atomic E-state index is 0.234. The number of ether oxygens (including phenoxy) is 1. The van der Waals surface area contributed by atoms with Gasteiger partial charge < -0.3 is 10.1 Å². The maximum absolute atomic E-state index is 5.92. The van der Waals surface area contributed by atoms with Crippen LogP contribution in [0, 0.1) is 11.3 Å². The summed E-state index contributed by atoms with van der Waals surface area (Å²) in [5, 5.41) is 4.82. The van der Waals surface area contributed by atoms with Crippen molar-refractivity contribution in [2.24, 2.45) is 11.3 Å². The molecule has 1 aromatic heterocycles. The van der Waals surface area contributed by atoms with E-state index in [0.29, 0.717) is 17.9 Å². The standard InChI is InChI=1S/C16H28N2OS/c1-11(2)15-18-10-13(20-15)9-17-8-12-6-7-19-14(12)16(3,4)5/h10-12,14,17H,6-9H2,1-5H3/t12-,14+/m1/s1. The molecule has 1 N–H and O–H groups in total. The smallest absolute Gasteiger partial charge is 0.0953 e. The first-order valence-electron chi connectivity index (χ1n) is 7.65. The Balaban J connectivity index is 1.80. The van der Waals surface area contributed by atoms with E-state index in [1.54, 1.807) is 0 Å². The molecule has 0 radical (unpaired) electrons. The van der Waals surface area contributed by atoms with Gasteiger partial charge in [-0.05, 0) is 11.8 Å². The van der Waals surface area contributed by atoms with Crippen molar-refractivity contribution >= 4 is 11.3 Å². The molecule has 4 heteroatoms. The van der Waals surface area contributed by atoms with E-state index in [4.69, 9.17) is 4.74 Å². The fraction of sp³-hybridized carbons (Fsp3) is 0.812. The SMILES string of the molecule is CC(C)c1ncc(CNC[C@H]2CCO[C@@H]2C(C)(C)C)s1. The van der Waals surface area contributed by atoms with Gasteiger partial charge in [-0.2, -0.15) is 0 Å². The first kappa shape index (κ1) is 15.9. The molecular weight excluding hydrogens is 268 g/mol. The van der Waals surface area contributed by atoms with Gasteiger partial charge in [0.05, 0.1) is 11.1 Å². The Morgan fingerprint density at radius 2 is 2.20 bits per heavy atom. The van der Waals surface area contributed by atoms with Crippen LogP contribution >= 0.6 is 11.3 Å². The van der Waals surface area contributed by atoms with Crippen LogP contribution in [-0.4, -0.2) is 24.2 Å². The normalized spacial score (nSPS) is 23.7. The van der Waals surface area contributed by atoms with Gasteiger partial charge in [0.2, 0.25) is 0 Å². The van der Waals surface area contributed by atoms with Gasteiger partial charge in [0.15, 0.2) is 0 Å². The van der Waals surface area contributed by atoms with Gasteiger partial charge in [-0.25, -0.2) is 4.98 Å². The minimum absolute atomic E-state index is 0.234. The highest BCUT2D eigenvalue weighted by molar-refractivity contribution is 7.11. The van der Waals surface area contributed by atoms with E-state index in [2.05, 4.69) is 44.9 Å². The lowest BCUT2D eigenvalue weighted by Crippen LogP contribution is -2.36. The maximum Gasteiger partial charge on any atom is 0.0953 e. The van der Waals surface area contributed by atoms with Crippen LogP contribution in [0.5, 0.6) is 0 Å². The Morgan fingerprint density at radius 3 is 2.80 bits per heavy atom. The van der Waals surface area contributed by atoms with Crippen LogP contribution in [0.3, 0.4) is 0 Å². The van der Waals surface area contributed by atoms with E-state index in [9.17, 15) is 0 Å². The summed E-state index contributed by atoms with van der Waals surface area (Å²) in [5.74, 6) is 1.16. The first-order valence-corrected chi connectivity index (χ1v) is 8.46. The molecule has 114 valence electrons. The van der Waals surface area contributed by atoms with Gasteiger partial charge in [0.25, 0.3) is 0 Å². The zero-order valence-corrected chi connectivity index (χ0v) is 14.2. The Labute approximate surface area is 127 Å². The Hall–Kier alpha value is -0.450. The van der Waals surface area contributed by atoms with Crippen LogP contribution in [0.15, 0.2) is 6.20 Å². The number of rotatable bonds is 5. The van der Waals surface area contributed by atoms with Crippen molar-refractivity contribution in [3.05, 3.63) is 16.1 Å². The number of aromatic nitrogens is 1. The monoisotopic (exact) mass is 296 g/mol. The highest BCUT2D eigenvalue weighted by Gasteiger charge is 2.36. The van der Waals surface area contributed by atoms with E-state index >= 15 is 0 Å². The van der Waals surface area contributed by atoms with Crippen LogP contribution in [0.4, 0.5) is 0 Å². The number of hydrogen-bond donors (Lipinski definition) is 1. The Bertz CT molecular complexity index is 422. The molecule has 2 atom stereocenters. The topological polar surface area (TPSA) is 34.2 Å². The van der Waals surface area contributed by atoms with E-state index in [0.717, 1.165) is 19.7 Å². The number of nitrogens with zero attached hydrogens (tertiary/aromatic N) is 1. The molecule has 1 fully saturated rings. The van der Waals surface area contributed by atoms with Gasteiger partial charge in [-0.15, -0.1) is 11.3 Å². The van der Waals surface area contributed by atoms with Crippen molar-refractivity contribution in [1.82, 2.24) is 10.3 Å². The van der Waals surface area contributed by atoms with Crippen LogP contribution < -0.4 is 5.32 Å². The second-order valence-electron chi connectivity index (χ2n) is 7.16. The molecule has 0 aliphatic carbocycles. The lowest BCUT2D eigenvalue weighted by molar-refractivity contribution is 0.00722. The fourth-order valence-electron chi connectivity index (χ4n) is 2.85. The first-order chi connectivity index (χ1) is 9.38. The van der Waals surface area contributed by atoms with E-state index < -0.39 is 0 Å². The molecule has 1 aliphatic rings. The molecular formula is C16H28N2OS. The summed E-state index contributed by atoms with van der Waals surface area (Å²) in [7, 11) is 0. The molecule has 0 unspecified atom stereocenters. The van der Waals surface area contributed by atoms with Crippen molar-refractivity contribution in [3.63, 3.8) is 0 Å². The fourth-order valence-corrected chi connectivity index (χ4v) is 3.74. The van der Waals surface area contributed by atoms with Crippen molar-refractivity contribution in [2.75, 3.05) is 13.2 Å². The predicted molar refractivity (Wildman–Crippen MR) is 85.2 cm³/mol. The highest BCUT2D eigenvalue weighted by atomic mass is 32.1. The molecule has 20 heavy (non-hydrogen) atoms. The molecule has 3 nitrogen and oxygen atoms in total. The predicted octanol–water partition coefficient (Wildman–Crippen LogP) is 3.81. The van der Waals surface area contributed by atoms with Crippen LogP contribution in [0.1, 0.15) is 56.8 Å². The molecule has 2 heterocycles. The van der Waals surface area contributed by atoms with Gasteiger partial charge in [0.1, 0.15) is 0 Å². The van der Waals surface area contributed by atoms with E-state index in [1.165, 1.54) is 16.3 Å². The molecule has 0 spiro atoms. The molecule has 1 aliphatic heterocycles. The summed E-state index contributed by atoms with van der Waals surface area (Å²) in [6, 6.07) is 0. The van der Waals surface area contributed by atoms with Crippen molar-refractivity contribution < 1.29 is 4.74 Å². The summed E-state index contributed by atoms with van der Waals surface area (Å²) < 4.78 is 5.92. The van der Waals surface area contributed by atoms with Gasteiger partial charge in [0, 0.05) is 42.6 Å². The minimum Gasteiger partial charge on any atom is -0.377 e. The average molecular weight is 296 g/mol. The third-order valence-electron chi connectivity index (χ3n) is 3.84. The molecule has 0 saturated carbocycles. The summed E-state index contributed by atoms with van der Waals surface area (Å²) >= 11 is 1.82. The Kier molecular flexibility index (Phi) is 5.21. The van der Waals surface area contributed by atoms with Crippen LogP contribution in [0.2, 0.25) is 0 Å². The van der Waals surface area contributed by atoms with Gasteiger partial charge in [-0.3, -0.25) is 0 Å². The third kappa shape index (κ3) is 4.03. The average Bonchev–Trinajstić information content (AvgIpc) is 2.96. The lowest BCUT2D eigenvalue weighted by Gasteiger charge is -2.31. The van der Waals surface area contributed by atoms with Crippen molar-refractivity contribution in [1.29, 1.82) is 0 Å². The van der Waals surface area contributed by atoms with Crippen molar-refractivity contribution in [2.45, 2.75) is 59.6 Å². The molecule has 1 saturated heterocycles. The summed E-state index contributed by atoms with van der Waals surface area (Å²) in [6.07, 6.45) is 3.57. The number of nitrogens with one attached hydrogen (secondary N) is 1. The summed E-state index contributed by atoms with van der Waals surface area (Å²) in [6.45, 7) is 14.1. The highest BCUT2D eigenvalue weighted by Crippen LogP contribution is 2.34. The largest absolute Gasteiger partial charge is 0.377 e. The summed E-state index contributed by atoms with van der Waals surface area (Å²) in [4.78, 5) is 5.81. The van der Waals surface area contributed by atoms with Gasteiger partial charge >= 0.3 is 0 Å². The summed E-state index contributed by atoms with van der Waals surface area (Å²) in [5.41, 5.74) is 0.234. The lowest BCUT2D eigenvalue weighted by atomic mass is 9.81. The second kappa shape index (κ2) is 6.54. The second-order valence-corrected chi connectivity index (χ2v) is 8.30. The van der Waals surface area contributed by atoms with Crippen LogP contribution in [-0.2, 0) is 11.3 Å². The molecule has 1 aromatic rings. The molecule has 0 amide bonds. The maximum atomic E-state index is 5.92. The Morgan fingerprint density at radius 1 is 1.45 bits per heavy atom. The number of thiazole rings is 1. The number of hydrogen-bond acceptors (Lipinski definition) is 4. The molecule has 2 rings (SSSR count). The van der Waals surface area contributed by atoms with Crippen molar-refractivity contribution in [3.8, 4) is 0 Å². The van der Waals surface area contributed by atoms with E-state index in [1.807, 2.05) is 17.5 Å². The molecule has 0 aromatic carbocycles. The zero-order valence-electron chi connectivity index (χ0n) is 13.4. The third-order valence-corrected chi connectivity index (χ3v) is 5.14. The van der Waals surface area contributed by atoms with Gasteiger partial charge in [-0.1, -0.05) is 34.6 Å². The zero-order chi connectivity index (χ0) is 14.8. The molecule has 0 bridgehead atoms.